The summed E-state index contributed by atoms with van der Waals surface area (Å²) in [5, 5.41) is 2.10. The van der Waals surface area contributed by atoms with Crippen LogP contribution in [-0.2, 0) is 0 Å². The lowest BCUT2D eigenvalue weighted by atomic mass is 10.0. The third-order valence-corrected chi connectivity index (χ3v) is 4.34. The molecule has 0 radical (unpaired) electrons. The molecule has 0 spiro atoms. The second-order valence-corrected chi connectivity index (χ2v) is 5.86. The quantitative estimate of drug-likeness (QED) is 0.528. The Balaban J connectivity index is 1.70. The molecular formula is C20H13N5. The van der Waals surface area contributed by atoms with Crippen LogP contribution in [0.5, 0.6) is 0 Å². The summed E-state index contributed by atoms with van der Waals surface area (Å²) < 4.78 is 0. The molecule has 5 rings (SSSR count). The van der Waals surface area contributed by atoms with Crippen LogP contribution < -0.4 is 0 Å². The fraction of sp³-hybridized carbons (Fsp3) is 0. The molecule has 0 saturated heterocycles. The van der Waals surface area contributed by atoms with Crippen molar-refractivity contribution in [1.29, 1.82) is 0 Å². The predicted molar refractivity (Wildman–Crippen MR) is 97.9 cm³/mol. The Morgan fingerprint density at radius 1 is 0.800 bits per heavy atom. The zero-order chi connectivity index (χ0) is 16.6. The highest BCUT2D eigenvalue weighted by atomic mass is 14.8. The minimum Gasteiger partial charge on any atom is -0.346 e. The Hall–Kier alpha value is -3.60. The largest absolute Gasteiger partial charge is 0.346 e. The molecule has 0 aliphatic rings. The van der Waals surface area contributed by atoms with Crippen molar-refractivity contribution in [3.05, 3.63) is 73.7 Å². The Bertz CT molecular complexity index is 1190. The van der Waals surface area contributed by atoms with Crippen molar-refractivity contribution in [2.24, 2.45) is 0 Å². The highest BCUT2D eigenvalue weighted by molar-refractivity contribution is 5.97. The van der Waals surface area contributed by atoms with Crippen molar-refractivity contribution in [3.8, 4) is 22.3 Å². The maximum atomic E-state index is 4.56. The zero-order valence-electron chi connectivity index (χ0n) is 13.2. The average Bonchev–Trinajstić information content (AvgIpc) is 3.11. The number of pyridine rings is 2. The van der Waals surface area contributed by atoms with Crippen LogP contribution in [0.3, 0.4) is 0 Å². The smallest absolute Gasteiger partial charge is 0.137 e. The number of fused-ring (bicyclic) bond motifs is 2. The van der Waals surface area contributed by atoms with Crippen molar-refractivity contribution >= 4 is 21.9 Å². The van der Waals surface area contributed by atoms with Gasteiger partial charge < -0.3 is 4.98 Å². The molecule has 0 fully saturated rings. The molecule has 0 unspecified atom stereocenters. The Morgan fingerprint density at radius 2 is 1.80 bits per heavy atom. The van der Waals surface area contributed by atoms with Crippen molar-refractivity contribution in [3.63, 3.8) is 0 Å². The summed E-state index contributed by atoms with van der Waals surface area (Å²) in [5.74, 6) is 0. The number of benzene rings is 1. The molecule has 0 amide bonds. The van der Waals surface area contributed by atoms with E-state index in [0.717, 1.165) is 44.2 Å². The maximum absolute atomic E-state index is 4.56. The minimum atomic E-state index is 0.868. The molecule has 0 saturated carbocycles. The molecule has 5 heteroatoms. The summed E-state index contributed by atoms with van der Waals surface area (Å²) in [6.45, 7) is 0. The molecule has 0 atom stereocenters. The number of hydrogen-bond acceptors (Lipinski definition) is 4. The van der Waals surface area contributed by atoms with Gasteiger partial charge in [0.15, 0.2) is 0 Å². The molecule has 118 valence electrons. The second-order valence-electron chi connectivity index (χ2n) is 5.86. The van der Waals surface area contributed by atoms with E-state index >= 15 is 0 Å². The zero-order valence-corrected chi connectivity index (χ0v) is 13.2. The van der Waals surface area contributed by atoms with Gasteiger partial charge in [0, 0.05) is 58.4 Å². The summed E-state index contributed by atoms with van der Waals surface area (Å²) >= 11 is 0. The lowest BCUT2D eigenvalue weighted by Gasteiger charge is -2.04. The summed E-state index contributed by atoms with van der Waals surface area (Å²) in [7, 11) is 0. The summed E-state index contributed by atoms with van der Waals surface area (Å²) in [6, 6.07) is 12.3. The number of hydrogen-bond donors (Lipinski definition) is 1. The molecule has 4 aromatic heterocycles. The van der Waals surface area contributed by atoms with Gasteiger partial charge in [-0.2, -0.15) is 0 Å². The molecule has 0 aliphatic heterocycles. The first kappa shape index (κ1) is 13.8. The first-order chi connectivity index (χ1) is 12.4. The first-order valence-corrected chi connectivity index (χ1v) is 7.96. The fourth-order valence-electron chi connectivity index (χ4n) is 3.09. The van der Waals surface area contributed by atoms with Crippen molar-refractivity contribution in [1.82, 2.24) is 24.9 Å². The van der Waals surface area contributed by atoms with Crippen molar-refractivity contribution in [2.45, 2.75) is 0 Å². The standard InChI is InChI=1S/C20H13N5/c1-2-14(8-21-5-1)15-7-17-18(11-24-20(17)23-10-15)13-3-4-19-16(6-13)9-22-12-25-19/h1-12H,(H,23,24). The number of rotatable bonds is 2. The molecule has 5 aromatic rings. The molecule has 1 N–H and O–H groups in total. The Labute approximate surface area is 143 Å². The van der Waals surface area contributed by atoms with Gasteiger partial charge in [0.2, 0.25) is 0 Å². The van der Waals surface area contributed by atoms with Gasteiger partial charge in [-0.1, -0.05) is 12.1 Å². The van der Waals surface area contributed by atoms with Crippen LogP contribution >= 0.6 is 0 Å². The third kappa shape index (κ3) is 2.33. The second kappa shape index (κ2) is 5.49. The lowest BCUT2D eigenvalue weighted by Crippen LogP contribution is -1.84. The number of aromatic nitrogens is 5. The van der Waals surface area contributed by atoms with Gasteiger partial charge in [-0.25, -0.2) is 15.0 Å². The van der Waals surface area contributed by atoms with E-state index in [-0.39, 0.29) is 0 Å². The van der Waals surface area contributed by atoms with Gasteiger partial charge in [-0.3, -0.25) is 4.98 Å². The minimum absolute atomic E-state index is 0.868. The Morgan fingerprint density at radius 3 is 2.72 bits per heavy atom. The molecule has 0 aliphatic carbocycles. The highest BCUT2D eigenvalue weighted by Crippen LogP contribution is 2.32. The summed E-state index contributed by atoms with van der Waals surface area (Å²) in [5.41, 5.74) is 6.12. The van der Waals surface area contributed by atoms with Gasteiger partial charge in [0.25, 0.3) is 0 Å². The molecule has 4 heterocycles. The van der Waals surface area contributed by atoms with E-state index < -0.39 is 0 Å². The van der Waals surface area contributed by atoms with E-state index in [1.165, 1.54) is 0 Å². The summed E-state index contributed by atoms with van der Waals surface area (Å²) in [6.07, 6.45) is 10.9. The average molecular weight is 323 g/mol. The van der Waals surface area contributed by atoms with Crippen LogP contribution in [0.2, 0.25) is 0 Å². The first-order valence-electron chi connectivity index (χ1n) is 7.96. The normalized spacial score (nSPS) is 11.2. The van der Waals surface area contributed by atoms with Gasteiger partial charge in [-0.05, 0) is 29.8 Å². The van der Waals surface area contributed by atoms with Gasteiger partial charge in [0.05, 0.1) is 5.52 Å². The van der Waals surface area contributed by atoms with E-state index in [0.29, 0.717) is 0 Å². The van der Waals surface area contributed by atoms with E-state index in [1.807, 2.05) is 43.0 Å². The molecule has 25 heavy (non-hydrogen) atoms. The SMILES string of the molecule is c1cncc(-c2cnc3[nH]cc(-c4ccc5ncncc5c4)c3c2)c1. The molecule has 0 bridgehead atoms. The number of H-pyrrole nitrogens is 1. The summed E-state index contributed by atoms with van der Waals surface area (Å²) in [4.78, 5) is 20.4. The van der Waals surface area contributed by atoms with Crippen LogP contribution in [0.25, 0.3) is 44.2 Å². The number of aromatic amines is 1. The monoisotopic (exact) mass is 323 g/mol. The van der Waals surface area contributed by atoms with Crippen LogP contribution in [0, 0.1) is 0 Å². The number of nitrogens with zero attached hydrogens (tertiary/aromatic N) is 4. The predicted octanol–water partition coefficient (Wildman–Crippen LogP) is 4.24. The highest BCUT2D eigenvalue weighted by Gasteiger charge is 2.10. The molecular weight excluding hydrogens is 310 g/mol. The van der Waals surface area contributed by atoms with E-state index in [4.69, 9.17) is 0 Å². The van der Waals surface area contributed by atoms with E-state index in [2.05, 4.69) is 43.1 Å². The van der Waals surface area contributed by atoms with Crippen LogP contribution in [-0.4, -0.2) is 24.9 Å². The van der Waals surface area contributed by atoms with Crippen LogP contribution in [0.15, 0.2) is 73.7 Å². The number of nitrogens with one attached hydrogen (secondary N) is 1. The van der Waals surface area contributed by atoms with Gasteiger partial charge >= 0.3 is 0 Å². The van der Waals surface area contributed by atoms with Crippen molar-refractivity contribution < 1.29 is 0 Å². The molecule has 1 aromatic carbocycles. The van der Waals surface area contributed by atoms with Crippen LogP contribution in [0.4, 0.5) is 0 Å². The molecule has 5 nitrogen and oxygen atoms in total. The maximum Gasteiger partial charge on any atom is 0.137 e. The topological polar surface area (TPSA) is 67.3 Å². The third-order valence-electron chi connectivity index (χ3n) is 4.34. The van der Waals surface area contributed by atoms with Crippen molar-refractivity contribution in [2.75, 3.05) is 0 Å². The van der Waals surface area contributed by atoms with E-state index in [9.17, 15) is 0 Å². The van der Waals surface area contributed by atoms with Crippen LogP contribution in [0.1, 0.15) is 0 Å². The lowest BCUT2D eigenvalue weighted by molar-refractivity contribution is 1.22. The van der Waals surface area contributed by atoms with E-state index in [1.54, 1.807) is 12.5 Å². The van der Waals surface area contributed by atoms with Gasteiger partial charge in [0.1, 0.15) is 12.0 Å². The Kier molecular flexibility index (Phi) is 3.03. The van der Waals surface area contributed by atoms with Gasteiger partial charge in [-0.15, -0.1) is 0 Å². The fourth-order valence-corrected chi connectivity index (χ4v) is 3.09.